The van der Waals surface area contributed by atoms with Gasteiger partial charge in [-0.05, 0) is 18.8 Å². The Labute approximate surface area is 121 Å². The number of hydrazine groups is 1. The number of rotatable bonds is 3. The molecule has 0 bridgehead atoms. The summed E-state index contributed by atoms with van der Waals surface area (Å²) in [5.74, 6) is 6.00. The largest absolute Gasteiger partial charge is 0.306 e. The van der Waals surface area contributed by atoms with E-state index in [9.17, 15) is 8.42 Å². The van der Waals surface area contributed by atoms with Crippen molar-refractivity contribution in [3.05, 3.63) is 11.6 Å². The van der Waals surface area contributed by atoms with E-state index in [1.807, 2.05) is 0 Å². The molecule has 0 aliphatic carbocycles. The first kappa shape index (κ1) is 13.8. The Bertz CT molecular complexity index is 720. The normalized spacial score (nSPS) is 21.4. The first-order chi connectivity index (χ1) is 9.54. The van der Waals surface area contributed by atoms with E-state index in [0.717, 1.165) is 12.8 Å². The number of hydrogen-bond acceptors (Lipinski definition) is 6. The Kier molecular flexibility index (Phi) is 3.44. The maximum Gasteiger partial charge on any atom is 0.262 e. The van der Waals surface area contributed by atoms with E-state index in [0.29, 0.717) is 24.0 Å². The van der Waals surface area contributed by atoms with Gasteiger partial charge in [-0.25, -0.2) is 14.3 Å². The number of fused-ring (bicyclic) bond motifs is 1. The topological polar surface area (TPSA) is 92.7 Å². The van der Waals surface area contributed by atoms with Crippen LogP contribution in [0.2, 0.25) is 0 Å². The number of imidazole rings is 1. The summed E-state index contributed by atoms with van der Waals surface area (Å²) in [5.41, 5.74) is 2.40. The number of hydrogen-bond donors (Lipinski definition) is 2. The van der Waals surface area contributed by atoms with Crippen molar-refractivity contribution < 1.29 is 8.42 Å². The molecule has 0 saturated carbocycles. The minimum absolute atomic E-state index is 0.130. The molecule has 110 valence electrons. The molecule has 1 aliphatic rings. The van der Waals surface area contributed by atoms with Crippen LogP contribution < -0.4 is 11.3 Å². The molecule has 3 rings (SSSR count). The van der Waals surface area contributed by atoms with Gasteiger partial charge in [-0.15, -0.1) is 11.3 Å². The summed E-state index contributed by atoms with van der Waals surface area (Å²) < 4.78 is 28.8. The zero-order valence-corrected chi connectivity index (χ0v) is 12.7. The Morgan fingerprint density at radius 3 is 3.05 bits per heavy atom. The molecule has 1 unspecified atom stereocenters. The highest BCUT2D eigenvalue weighted by Crippen LogP contribution is 2.30. The Morgan fingerprint density at radius 1 is 1.55 bits per heavy atom. The van der Waals surface area contributed by atoms with Crippen LogP contribution in [-0.4, -0.2) is 35.2 Å². The van der Waals surface area contributed by atoms with Gasteiger partial charge in [0, 0.05) is 24.7 Å². The van der Waals surface area contributed by atoms with Gasteiger partial charge in [-0.2, -0.15) is 9.29 Å². The molecule has 2 aromatic rings. The minimum Gasteiger partial charge on any atom is -0.306 e. The number of aromatic nitrogens is 2. The van der Waals surface area contributed by atoms with Crippen molar-refractivity contribution in [3.8, 4) is 0 Å². The van der Waals surface area contributed by atoms with Gasteiger partial charge in [0.25, 0.3) is 10.0 Å². The SMILES string of the molecule is CC1CCCN(S(=O)(=O)c2c(NN)nc3sccn23)C1. The molecular formula is C11H17N5O2S2. The van der Waals surface area contributed by atoms with E-state index in [-0.39, 0.29) is 10.8 Å². The maximum atomic E-state index is 12.9. The van der Waals surface area contributed by atoms with E-state index >= 15 is 0 Å². The molecule has 7 nitrogen and oxygen atoms in total. The van der Waals surface area contributed by atoms with Gasteiger partial charge in [0.1, 0.15) is 0 Å². The van der Waals surface area contributed by atoms with E-state index in [1.54, 1.807) is 16.0 Å². The fourth-order valence-corrected chi connectivity index (χ4v) is 5.17. The van der Waals surface area contributed by atoms with E-state index < -0.39 is 10.0 Å². The molecule has 0 aromatic carbocycles. The summed E-state index contributed by atoms with van der Waals surface area (Å²) >= 11 is 1.37. The lowest BCUT2D eigenvalue weighted by Gasteiger charge is -2.29. The molecule has 0 amide bonds. The number of piperidine rings is 1. The summed E-state index contributed by atoms with van der Waals surface area (Å²) in [7, 11) is -3.59. The highest BCUT2D eigenvalue weighted by atomic mass is 32.2. The number of nitrogen functional groups attached to an aromatic ring is 1. The molecule has 1 aliphatic heterocycles. The number of nitrogens with zero attached hydrogens (tertiary/aromatic N) is 3. The van der Waals surface area contributed by atoms with E-state index in [2.05, 4.69) is 17.3 Å². The second-order valence-electron chi connectivity index (χ2n) is 5.08. The molecule has 3 heterocycles. The summed E-state index contributed by atoms with van der Waals surface area (Å²) in [5, 5.41) is 1.94. The molecule has 0 radical (unpaired) electrons. The van der Waals surface area contributed by atoms with Crippen LogP contribution >= 0.6 is 11.3 Å². The zero-order valence-electron chi connectivity index (χ0n) is 11.1. The van der Waals surface area contributed by atoms with Crippen molar-refractivity contribution in [3.63, 3.8) is 0 Å². The maximum absolute atomic E-state index is 12.9. The summed E-state index contributed by atoms with van der Waals surface area (Å²) in [6.07, 6.45) is 3.65. The summed E-state index contributed by atoms with van der Waals surface area (Å²) in [6.45, 7) is 3.16. The van der Waals surface area contributed by atoms with E-state index in [1.165, 1.54) is 15.6 Å². The Hall–Kier alpha value is -1.16. The Balaban J connectivity index is 2.10. The third-order valence-electron chi connectivity index (χ3n) is 3.56. The van der Waals surface area contributed by atoms with Crippen LogP contribution in [0.15, 0.2) is 16.6 Å². The van der Waals surface area contributed by atoms with Gasteiger partial charge in [0.15, 0.2) is 10.8 Å². The lowest BCUT2D eigenvalue weighted by Crippen LogP contribution is -2.39. The zero-order chi connectivity index (χ0) is 14.3. The summed E-state index contributed by atoms with van der Waals surface area (Å²) in [6, 6.07) is 0. The van der Waals surface area contributed by atoms with Gasteiger partial charge in [-0.3, -0.25) is 4.40 Å². The highest BCUT2D eigenvalue weighted by molar-refractivity contribution is 7.89. The number of nitrogens with two attached hydrogens (primary N) is 1. The third-order valence-corrected chi connectivity index (χ3v) is 6.21. The predicted molar refractivity (Wildman–Crippen MR) is 78.0 cm³/mol. The lowest BCUT2D eigenvalue weighted by molar-refractivity contribution is 0.280. The number of nitrogens with one attached hydrogen (secondary N) is 1. The number of anilines is 1. The van der Waals surface area contributed by atoms with Crippen LogP contribution in [-0.2, 0) is 10.0 Å². The van der Waals surface area contributed by atoms with Crippen molar-refractivity contribution >= 4 is 32.1 Å². The van der Waals surface area contributed by atoms with Crippen LogP contribution in [0.3, 0.4) is 0 Å². The summed E-state index contributed by atoms with van der Waals surface area (Å²) in [4.78, 5) is 4.82. The van der Waals surface area contributed by atoms with Crippen molar-refractivity contribution in [2.24, 2.45) is 11.8 Å². The average Bonchev–Trinajstić information content (AvgIpc) is 2.97. The van der Waals surface area contributed by atoms with Crippen LogP contribution in [0.1, 0.15) is 19.8 Å². The van der Waals surface area contributed by atoms with Gasteiger partial charge < -0.3 is 5.43 Å². The molecular weight excluding hydrogens is 298 g/mol. The highest BCUT2D eigenvalue weighted by Gasteiger charge is 2.34. The average molecular weight is 315 g/mol. The van der Waals surface area contributed by atoms with Crippen LogP contribution in [0.5, 0.6) is 0 Å². The minimum atomic E-state index is -3.59. The van der Waals surface area contributed by atoms with Crippen LogP contribution in [0.25, 0.3) is 4.96 Å². The van der Waals surface area contributed by atoms with E-state index in [4.69, 9.17) is 5.84 Å². The van der Waals surface area contributed by atoms with Crippen molar-refractivity contribution in [2.75, 3.05) is 18.5 Å². The fraction of sp³-hybridized carbons (Fsp3) is 0.545. The predicted octanol–water partition coefficient (Wildman–Crippen LogP) is 1.10. The standard InChI is InChI=1S/C11H17N5O2S2/c1-8-3-2-4-15(7-8)20(17,18)10-9(14-12)13-11-16(10)5-6-19-11/h5-6,8,14H,2-4,7,12H2,1H3. The smallest absolute Gasteiger partial charge is 0.262 e. The molecule has 1 saturated heterocycles. The van der Waals surface area contributed by atoms with Gasteiger partial charge in [0.2, 0.25) is 5.03 Å². The molecule has 1 fully saturated rings. The second-order valence-corrected chi connectivity index (χ2v) is 7.80. The van der Waals surface area contributed by atoms with Gasteiger partial charge in [0.05, 0.1) is 0 Å². The van der Waals surface area contributed by atoms with Crippen molar-refractivity contribution in [1.82, 2.24) is 13.7 Å². The number of sulfonamides is 1. The first-order valence-corrected chi connectivity index (χ1v) is 8.78. The molecule has 9 heteroatoms. The number of thiazole rings is 1. The lowest BCUT2D eigenvalue weighted by atomic mass is 10.0. The monoisotopic (exact) mass is 315 g/mol. The molecule has 1 atom stereocenters. The van der Waals surface area contributed by atoms with Crippen molar-refractivity contribution in [2.45, 2.75) is 24.8 Å². The molecule has 3 N–H and O–H groups in total. The van der Waals surface area contributed by atoms with Gasteiger partial charge in [-0.1, -0.05) is 6.92 Å². The first-order valence-electron chi connectivity index (χ1n) is 6.46. The molecule has 20 heavy (non-hydrogen) atoms. The Morgan fingerprint density at radius 2 is 2.35 bits per heavy atom. The quantitative estimate of drug-likeness (QED) is 0.653. The van der Waals surface area contributed by atoms with Crippen LogP contribution in [0.4, 0.5) is 5.82 Å². The second kappa shape index (κ2) is 4.99. The fourth-order valence-electron chi connectivity index (χ4n) is 2.59. The molecule has 2 aromatic heterocycles. The third kappa shape index (κ3) is 2.10. The van der Waals surface area contributed by atoms with Gasteiger partial charge >= 0.3 is 0 Å². The molecule has 0 spiro atoms. The van der Waals surface area contributed by atoms with Crippen LogP contribution in [0, 0.1) is 5.92 Å². The van der Waals surface area contributed by atoms with Crippen molar-refractivity contribution in [1.29, 1.82) is 0 Å².